The number of hydrogen-bond acceptors (Lipinski definition) is 6. The highest BCUT2D eigenvalue weighted by molar-refractivity contribution is 7.99. The van der Waals surface area contributed by atoms with E-state index >= 15 is 0 Å². The van der Waals surface area contributed by atoms with Crippen molar-refractivity contribution in [1.82, 2.24) is 9.97 Å². The molecule has 1 aromatic heterocycles. The summed E-state index contributed by atoms with van der Waals surface area (Å²) in [6.07, 6.45) is 0. The molecule has 0 aliphatic heterocycles. The van der Waals surface area contributed by atoms with E-state index in [2.05, 4.69) is 10.3 Å². The minimum atomic E-state index is -0.546. The Bertz CT molecular complexity index is 1240. The Hall–Kier alpha value is -4.11. The number of carbonyl (C=O) groups excluding carboxylic acids is 1. The van der Waals surface area contributed by atoms with Gasteiger partial charge in [-0.2, -0.15) is 0 Å². The summed E-state index contributed by atoms with van der Waals surface area (Å²) in [6, 6.07) is 24.0. The predicted octanol–water partition coefficient (Wildman–Crippen LogP) is 5.78. The number of aromatic nitrogens is 2. The van der Waals surface area contributed by atoms with E-state index in [4.69, 9.17) is 9.72 Å². The standard InChI is InChI=1S/C25H22N4O4S/c1-2-33-19-13-14-20(21(15-19)29(31)32)26-22(30)16-34-25-27-23(17-9-5-3-6-10-17)24(28-25)18-11-7-4-8-12-18/h3-15H,2,16H2,1H3,(H,26,30)(H,27,28). The number of imidazole rings is 1. The first-order valence-electron chi connectivity index (χ1n) is 10.6. The van der Waals surface area contributed by atoms with Gasteiger partial charge in [0, 0.05) is 11.1 Å². The summed E-state index contributed by atoms with van der Waals surface area (Å²) in [7, 11) is 0. The second-order valence-corrected chi connectivity index (χ2v) is 8.17. The fourth-order valence-corrected chi connectivity index (χ4v) is 4.05. The van der Waals surface area contributed by atoms with Gasteiger partial charge in [0.15, 0.2) is 5.16 Å². The normalized spacial score (nSPS) is 10.6. The van der Waals surface area contributed by atoms with Gasteiger partial charge in [0.05, 0.1) is 34.7 Å². The summed E-state index contributed by atoms with van der Waals surface area (Å²) >= 11 is 1.22. The molecular weight excluding hydrogens is 452 g/mol. The number of benzene rings is 3. The van der Waals surface area contributed by atoms with Gasteiger partial charge in [-0.05, 0) is 19.1 Å². The highest BCUT2D eigenvalue weighted by atomic mass is 32.2. The third kappa shape index (κ3) is 5.44. The molecule has 4 aromatic rings. The lowest BCUT2D eigenvalue weighted by Crippen LogP contribution is -2.15. The van der Waals surface area contributed by atoms with E-state index in [0.29, 0.717) is 17.5 Å². The molecule has 0 saturated carbocycles. The van der Waals surface area contributed by atoms with E-state index in [9.17, 15) is 14.9 Å². The lowest BCUT2D eigenvalue weighted by Gasteiger charge is -2.08. The fraction of sp³-hybridized carbons (Fsp3) is 0.120. The molecular formula is C25H22N4O4S. The van der Waals surface area contributed by atoms with E-state index in [1.54, 1.807) is 13.0 Å². The summed E-state index contributed by atoms with van der Waals surface area (Å²) < 4.78 is 5.31. The molecule has 4 rings (SSSR count). The average molecular weight is 475 g/mol. The topological polar surface area (TPSA) is 110 Å². The lowest BCUT2D eigenvalue weighted by atomic mass is 10.1. The Balaban J connectivity index is 1.51. The Kier molecular flexibility index (Phi) is 7.24. The van der Waals surface area contributed by atoms with Crippen LogP contribution in [0.4, 0.5) is 11.4 Å². The Labute approximate surface area is 200 Å². The third-order valence-electron chi connectivity index (χ3n) is 4.88. The summed E-state index contributed by atoms with van der Waals surface area (Å²) in [6.45, 7) is 2.18. The SMILES string of the molecule is CCOc1ccc(NC(=O)CSc2nc(-c3ccccc3)c(-c3ccccc3)[nH]2)c([N+](=O)[O-])c1. The number of hydrogen-bond donors (Lipinski definition) is 2. The molecule has 0 radical (unpaired) electrons. The highest BCUT2D eigenvalue weighted by Crippen LogP contribution is 2.33. The van der Waals surface area contributed by atoms with Crippen molar-refractivity contribution in [2.24, 2.45) is 0 Å². The summed E-state index contributed by atoms with van der Waals surface area (Å²) in [4.78, 5) is 31.5. The van der Waals surface area contributed by atoms with Crippen LogP contribution in [0.5, 0.6) is 5.75 Å². The molecule has 34 heavy (non-hydrogen) atoms. The minimum Gasteiger partial charge on any atom is -0.494 e. The number of aromatic amines is 1. The molecule has 0 fully saturated rings. The zero-order chi connectivity index (χ0) is 23.9. The molecule has 1 amide bonds. The number of anilines is 1. The number of rotatable bonds is 9. The van der Waals surface area contributed by atoms with Crippen molar-refractivity contribution >= 4 is 29.0 Å². The molecule has 9 heteroatoms. The largest absolute Gasteiger partial charge is 0.494 e. The molecule has 172 valence electrons. The third-order valence-corrected chi connectivity index (χ3v) is 5.76. The molecule has 3 aromatic carbocycles. The van der Waals surface area contributed by atoms with Crippen molar-refractivity contribution in [2.45, 2.75) is 12.1 Å². The molecule has 0 saturated heterocycles. The molecule has 0 bridgehead atoms. The van der Waals surface area contributed by atoms with Crippen LogP contribution >= 0.6 is 11.8 Å². The molecule has 0 spiro atoms. The number of nitro benzene ring substituents is 1. The van der Waals surface area contributed by atoms with E-state index < -0.39 is 4.92 Å². The van der Waals surface area contributed by atoms with Crippen molar-refractivity contribution in [1.29, 1.82) is 0 Å². The second-order valence-electron chi connectivity index (χ2n) is 7.20. The van der Waals surface area contributed by atoms with Crippen LogP contribution in [0.15, 0.2) is 84.0 Å². The first-order valence-corrected chi connectivity index (χ1v) is 11.6. The van der Waals surface area contributed by atoms with Gasteiger partial charge in [0.2, 0.25) is 5.91 Å². The summed E-state index contributed by atoms with van der Waals surface area (Å²) in [5, 5.41) is 14.6. The fourth-order valence-electron chi connectivity index (χ4n) is 3.38. The minimum absolute atomic E-state index is 0.0281. The molecule has 0 aliphatic carbocycles. The van der Waals surface area contributed by atoms with Gasteiger partial charge in [-0.15, -0.1) is 0 Å². The first kappa shape index (κ1) is 23.1. The zero-order valence-corrected chi connectivity index (χ0v) is 19.2. The monoisotopic (exact) mass is 474 g/mol. The maximum absolute atomic E-state index is 12.6. The number of thioether (sulfide) groups is 1. The molecule has 0 atom stereocenters. The maximum atomic E-state index is 12.6. The van der Waals surface area contributed by atoms with E-state index in [-0.39, 0.29) is 23.0 Å². The van der Waals surface area contributed by atoms with Crippen LogP contribution in [0.1, 0.15) is 6.92 Å². The highest BCUT2D eigenvalue weighted by Gasteiger charge is 2.19. The Morgan fingerprint density at radius 2 is 1.74 bits per heavy atom. The van der Waals surface area contributed by atoms with Gasteiger partial charge in [0.25, 0.3) is 5.69 Å². The van der Waals surface area contributed by atoms with Crippen molar-refractivity contribution < 1.29 is 14.5 Å². The first-order chi connectivity index (χ1) is 16.5. The summed E-state index contributed by atoms with van der Waals surface area (Å²) in [5.41, 5.74) is 3.48. The lowest BCUT2D eigenvalue weighted by molar-refractivity contribution is -0.384. The molecule has 2 N–H and O–H groups in total. The summed E-state index contributed by atoms with van der Waals surface area (Å²) in [5.74, 6) is 0.0237. The maximum Gasteiger partial charge on any atom is 0.296 e. The predicted molar refractivity (Wildman–Crippen MR) is 133 cm³/mol. The number of carbonyl (C=O) groups is 1. The second kappa shape index (κ2) is 10.7. The van der Waals surface area contributed by atoms with Crippen molar-refractivity contribution in [2.75, 3.05) is 17.7 Å². The number of nitrogens with one attached hydrogen (secondary N) is 2. The molecule has 0 aliphatic rings. The van der Waals surface area contributed by atoms with Crippen molar-refractivity contribution in [3.63, 3.8) is 0 Å². The van der Waals surface area contributed by atoms with Gasteiger partial charge in [-0.25, -0.2) is 4.98 Å². The van der Waals surface area contributed by atoms with Crippen LogP contribution in [-0.2, 0) is 4.79 Å². The van der Waals surface area contributed by atoms with Gasteiger partial charge < -0.3 is 15.0 Å². The molecule has 8 nitrogen and oxygen atoms in total. The Morgan fingerprint density at radius 1 is 1.06 bits per heavy atom. The number of ether oxygens (including phenoxy) is 1. The van der Waals surface area contributed by atoms with E-state index in [1.807, 2.05) is 60.7 Å². The number of nitro groups is 1. The van der Waals surface area contributed by atoms with Crippen molar-refractivity contribution in [3.8, 4) is 28.3 Å². The molecule has 1 heterocycles. The average Bonchev–Trinajstić information content (AvgIpc) is 3.29. The number of nitrogens with zero attached hydrogens (tertiary/aromatic N) is 2. The van der Waals surface area contributed by atoms with Crippen LogP contribution in [0, 0.1) is 10.1 Å². The zero-order valence-electron chi connectivity index (χ0n) is 18.4. The smallest absolute Gasteiger partial charge is 0.296 e. The Morgan fingerprint density at radius 3 is 2.38 bits per heavy atom. The van der Waals surface area contributed by atoms with E-state index in [1.165, 1.54) is 23.9 Å². The van der Waals surface area contributed by atoms with Crippen LogP contribution < -0.4 is 10.1 Å². The van der Waals surface area contributed by atoms with Gasteiger partial charge in [-0.3, -0.25) is 14.9 Å². The number of H-pyrrole nitrogens is 1. The number of amides is 1. The van der Waals surface area contributed by atoms with Gasteiger partial charge in [0.1, 0.15) is 11.4 Å². The van der Waals surface area contributed by atoms with Crippen LogP contribution in [0.25, 0.3) is 22.5 Å². The molecule has 0 unspecified atom stereocenters. The van der Waals surface area contributed by atoms with Gasteiger partial charge >= 0.3 is 0 Å². The van der Waals surface area contributed by atoms with Crippen molar-refractivity contribution in [3.05, 3.63) is 89.0 Å². The van der Waals surface area contributed by atoms with Gasteiger partial charge in [-0.1, -0.05) is 72.4 Å². The quantitative estimate of drug-likeness (QED) is 0.181. The van der Waals surface area contributed by atoms with Crippen LogP contribution in [0.3, 0.4) is 0 Å². The van der Waals surface area contributed by atoms with Crippen LogP contribution in [-0.4, -0.2) is 33.2 Å². The van der Waals surface area contributed by atoms with E-state index in [0.717, 1.165) is 22.5 Å². The van der Waals surface area contributed by atoms with Crippen LogP contribution in [0.2, 0.25) is 0 Å².